The molecule has 0 aliphatic heterocycles. The van der Waals surface area contributed by atoms with E-state index in [2.05, 4.69) is 5.32 Å². The minimum absolute atomic E-state index is 0.0679. The molecule has 0 saturated heterocycles. The molecule has 2 rings (SSSR count). The summed E-state index contributed by atoms with van der Waals surface area (Å²) in [6, 6.07) is 0. The van der Waals surface area contributed by atoms with Crippen molar-refractivity contribution in [3.63, 3.8) is 0 Å². The molecule has 0 spiro atoms. The molecule has 2 N–H and O–H groups in total. The highest BCUT2D eigenvalue weighted by Crippen LogP contribution is 2.44. The van der Waals surface area contributed by atoms with E-state index >= 15 is 0 Å². The maximum absolute atomic E-state index is 11.3. The summed E-state index contributed by atoms with van der Waals surface area (Å²) in [7, 11) is 0. The molecule has 0 saturated carbocycles. The zero-order valence-corrected chi connectivity index (χ0v) is 11.5. The molecule has 7 heteroatoms. The SMILES string of the molecule is CC(=O)Nc1sc2c(c1C(=O)O)CCC(C=O)=C2Cl. The lowest BCUT2D eigenvalue weighted by Crippen LogP contribution is -2.10. The number of carbonyl (C=O) groups is 3. The molecular weight excluding hydrogens is 290 g/mol. The van der Waals surface area contributed by atoms with E-state index in [1.54, 1.807) is 0 Å². The van der Waals surface area contributed by atoms with Crippen molar-refractivity contribution in [2.45, 2.75) is 19.8 Å². The van der Waals surface area contributed by atoms with Gasteiger partial charge in [0.05, 0.1) is 15.5 Å². The Hall–Kier alpha value is -1.66. The lowest BCUT2D eigenvalue weighted by Gasteiger charge is -2.12. The number of anilines is 1. The number of halogens is 1. The zero-order valence-electron chi connectivity index (χ0n) is 9.95. The van der Waals surface area contributed by atoms with Crippen LogP contribution in [0.2, 0.25) is 0 Å². The van der Waals surface area contributed by atoms with E-state index in [1.807, 2.05) is 0 Å². The predicted octanol–water partition coefficient (Wildman–Crippen LogP) is 2.50. The number of fused-ring (bicyclic) bond motifs is 1. The lowest BCUT2D eigenvalue weighted by molar-refractivity contribution is -0.114. The van der Waals surface area contributed by atoms with Crippen LogP contribution in [-0.2, 0) is 16.0 Å². The van der Waals surface area contributed by atoms with Crippen LogP contribution < -0.4 is 5.32 Å². The van der Waals surface area contributed by atoms with Crippen molar-refractivity contribution < 1.29 is 19.5 Å². The van der Waals surface area contributed by atoms with Gasteiger partial charge in [0.2, 0.25) is 5.91 Å². The number of thiophene rings is 1. The standard InChI is InChI=1S/C12H10ClNO4S/c1-5(16)14-11-8(12(17)18)7-3-2-6(4-15)9(13)10(7)19-11/h4H,2-3H2,1H3,(H,14,16)(H,17,18). The molecule has 0 unspecified atom stereocenters. The summed E-state index contributed by atoms with van der Waals surface area (Å²) in [6.45, 7) is 1.30. The zero-order chi connectivity index (χ0) is 14.2. The summed E-state index contributed by atoms with van der Waals surface area (Å²) < 4.78 is 0. The van der Waals surface area contributed by atoms with E-state index < -0.39 is 5.97 Å². The van der Waals surface area contributed by atoms with Crippen molar-refractivity contribution >= 4 is 51.1 Å². The van der Waals surface area contributed by atoms with Crippen molar-refractivity contribution in [1.29, 1.82) is 0 Å². The van der Waals surface area contributed by atoms with Crippen LogP contribution in [0, 0.1) is 0 Å². The van der Waals surface area contributed by atoms with Crippen LogP contribution in [0.1, 0.15) is 34.1 Å². The Labute approximate surface area is 117 Å². The van der Waals surface area contributed by atoms with Gasteiger partial charge in [-0.3, -0.25) is 9.59 Å². The van der Waals surface area contributed by atoms with Crippen molar-refractivity contribution in [2.75, 3.05) is 5.32 Å². The Balaban J connectivity index is 2.62. The molecular formula is C12H10ClNO4S. The number of amides is 1. The van der Waals surface area contributed by atoms with Crippen molar-refractivity contribution in [1.82, 2.24) is 0 Å². The second-order valence-electron chi connectivity index (χ2n) is 4.06. The summed E-state index contributed by atoms with van der Waals surface area (Å²) >= 11 is 7.18. The Morgan fingerprint density at radius 3 is 2.63 bits per heavy atom. The molecule has 1 aliphatic rings. The second kappa shape index (κ2) is 5.14. The highest BCUT2D eigenvalue weighted by molar-refractivity contribution is 7.18. The highest BCUT2D eigenvalue weighted by Gasteiger charge is 2.29. The first-order chi connectivity index (χ1) is 8.95. The number of carbonyl (C=O) groups excluding carboxylic acids is 2. The Morgan fingerprint density at radius 1 is 1.42 bits per heavy atom. The average molecular weight is 300 g/mol. The van der Waals surface area contributed by atoms with E-state index in [9.17, 15) is 19.5 Å². The van der Waals surface area contributed by atoms with Crippen LogP contribution >= 0.6 is 22.9 Å². The number of allylic oxidation sites excluding steroid dienone is 1. The summed E-state index contributed by atoms with van der Waals surface area (Å²) in [4.78, 5) is 33.8. The molecule has 5 nitrogen and oxygen atoms in total. The number of hydrogen-bond donors (Lipinski definition) is 2. The first kappa shape index (κ1) is 13.8. The van der Waals surface area contributed by atoms with E-state index in [0.717, 1.165) is 11.3 Å². The van der Waals surface area contributed by atoms with Gasteiger partial charge < -0.3 is 10.4 Å². The maximum Gasteiger partial charge on any atom is 0.339 e. The van der Waals surface area contributed by atoms with Gasteiger partial charge in [-0.1, -0.05) is 11.6 Å². The smallest absolute Gasteiger partial charge is 0.339 e. The molecule has 1 aliphatic carbocycles. The predicted molar refractivity (Wildman–Crippen MR) is 72.7 cm³/mol. The topological polar surface area (TPSA) is 83.5 Å². The third kappa shape index (κ3) is 2.41. The van der Waals surface area contributed by atoms with Crippen LogP contribution in [0.3, 0.4) is 0 Å². The van der Waals surface area contributed by atoms with E-state index in [-0.39, 0.29) is 21.5 Å². The van der Waals surface area contributed by atoms with Crippen LogP contribution in [-0.4, -0.2) is 23.3 Å². The van der Waals surface area contributed by atoms with Gasteiger partial charge in [0.25, 0.3) is 0 Å². The third-order valence-electron chi connectivity index (χ3n) is 2.78. The molecule has 0 atom stereocenters. The molecule has 1 heterocycles. The molecule has 100 valence electrons. The fourth-order valence-corrected chi connectivity index (χ4v) is 3.61. The first-order valence-corrected chi connectivity index (χ1v) is 6.66. The molecule has 1 aromatic rings. The van der Waals surface area contributed by atoms with Crippen LogP contribution in [0.5, 0.6) is 0 Å². The van der Waals surface area contributed by atoms with Gasteiger partial charge in [0.15, 0.2) is 0 Å². The molecule has 1 aromatic heterocycles. The largest absolute Gasteiger partial charge is 0.478 e. The van der Waals surface area contributed by atoms with Gasteiger partial charge in [-0.2, -0.15) is 0 Å². The number of hydrogen-bond acceptors (Lipinski definition) is 4. The fourth-order valence-electron chi connectivity index (χ4n) is 1.98. The van der Waals surface area contributed by atoms with Crippen molar-refractivity contribution in [3.05, 3.63) is 21.6 Å². The van der Waals surface area contributed by atoms with Gasteiger partial charge >= 0.3 is 5.97 Å². The molecule has 0 bridgehead atoms. The molecule has 0 radical (unpaired) electrons. The van der Waals surface area contributed by atoms with Gasteiger partial charge in [0.1, 0.15) is 11.3 Å². The normalized spacial score (nSPS) is 14.0. The number of rotatable bonds is 3. The molecule has 0 fully saturated rings. The third-order valence-corrected chi connectivity index (χ3v) is 4.49. The number of carboxylic acid groups (broad SMARTS) is 1. The van der Waals surface area contributed by atoms with Gasteiger partial charge in [-0.15, -0.1) is 11.3 Å². The maximum atomic E-state index is 11.3. The molecule has 19 heavy (non-hydrogen) atoms. The van der Waals surface area contributed by atoms with Crippen molar-refractivity contribution in [3.8, 4) is 0 Å². The minimum atomic E-state index is -1.11. The highest BCUT2D eigenvalue weighted by atomic mass is 35.5. The van der Waals surface area contributed by atoms with Gasteiger partial charge in [-0.05, 0) is 18.4 Å². The Kier molecular flexibility index (Phi) is 3.73. The second-order valence-corrected chi connectivity index (χ2v) is 5.46. The average Bonchev–Trinajstić information content (AvgIpc) is 2.67. The number of aromatic carboxylic acids is 1. The summed E-state index contributed by atoms with van der Waals surface area (Å²) in [6.07, 6.45) is 1.52. The first-order valence-electron chi connectivity index (χ1n) is 5.46. The monoisotopic (exact) mass is 299 g/mol. The minimum Gasteiger partial charge on any atom is -0.478 e. The Bertz CT molecular complexity index is 617. The Morgan fingerprint density at radius 2 is 2.11 bits per heavy atom. The van der Waals surface area contributed by atoms with Crippen LogP contribution in [0.4, 0.5) is 5.00 Å². The van der Waals surface area contributed by atoms with Gasteiger partial charge in [-0.25, -0.2) is 4.79 Å². The van der Waals surface area contributed by atoms with Crippen molar-refractivity contribution in [2.24, 2.45) is 0 Å². The van der Waals surface area contributed by atoms with Crippen LogP contribution in [0.15, 0.2) is 5.57 Å². The number of aldehydes is 1. The van der Waals surface area contributed by atoms with E-state index in [4.69, 9.17) is 11.6 Å². The number of carboxylic acids is 1. The number of nitrogens with one attached hydrogen (secondary N) is 1. The lowest BCUT2D eigenvalue weighted by atomic mass is 9.95. The van der Waals surface area contributed by atoms with E-state index in [1.165, 1.54) is 6.92 Å². The summed E-state index contributed by atoms with van der Waals surface area (Å²) in [5.74, 6) is -1.46. The molecule has 0 aromatic carbocycles. The van der Waals surface area contributed by atoms with Gasteiger partial charge in [0, 0.05) is 12.5 Å². The summed E-state index contributed by atoms with van der Waals surface area (Å²) in [5, 5.41) is 12.3. The van der Waals surface area contributed by atoms with E-state index in [0.29, 0.717) is 35.1 Å². The molecule has 1 amide bonds. The quantitative estimate of drug-likeness (QED) is 0.840. The fraction of sp³-hybridized carbons (Fsp3) is 0.250. The summed E-state index contributed by atoms with van der Waals surface area (Å²) in [5.41, 5.74) is 1.11. The van der Waals surface area contributed by atoms with Crippen LogP contribution in [0.25, 0.3) is 5.03 Å².